The van der Waals surface area contributed by atoms with Crippen LogP contribution in [0.4, 0.5) is 0 Å². The van der Waals surface area contributed by atoms with E-state index in [1.54, 1.807) is 0 Å². The van der Waals surface area contributed by atoms with Gasteiger partial charge >= 0.3 is 5.97 Å². The van der Waals surface area contributed by atoms with E-state index in [4.69, 9.17) is 4.42 Å². The lowest BCUT2D eigenvalue weighted by Gasteiger charge is -2.14. The molecule has 1 aliphatic rings. The highest BCUT2D eigenvalue weighted by Crippen LogP contribution is 2.29. The summed E-state index contributed by atoms with van der Waals surface area (Å²) in [5.74, 6) is 0.424. The number of carbonyl (C=O) groups is 1. The Morgan fingerprint density at radius 1 is 1.43 bits per heavy atom. The summed E-state index contributed by atoms with van der Waals surface area (Å²) in [6, 6.07) is 7.36. The van der Waals surface area contributed by atoms with Crippen LogP contribution in [0.3, 0.4) is 0 Å². The summed E-state index contributed by atoms with van der Waals surface area (Å²) in [6.45, 7) is 4.88. The fourth-order valence-corrected chi connectivity index (χ4v) is 3.35. The lowest BCUT2D eigenvalue weighted by molar-refractivity contribution is 0.0694. The molecule has 112 valence electrons. The highest BCUT2D eigenvalue weighted by molar-refractivity contribution is 6.03. The topological polar surface area (TPSA) is 53.7 Å². The van der Waals surface area contributed by atoms with E-state index in [1.807, 2.05) is 24.3 Å². The van der Waals surface area contributed by atoms with E-state index in [0.717, 1.165) is 19.0 Å². The molecule has 0 saturated carbocycles. The quantitative estimate of drug-likeness (QED) is 0.910. The summed E-state index contributed by atoms with van der Waals surface area (Å²) in [7, 11) is 0. The number of furan rings is 1. The second-order valence-electron chi connectivity index (χ2n) is 5.88. The van der Waals surface area contributed by atoms with Crippen LogP contribution in [0.15, 0.2) is 28.7 Å². The van der Waals surface area contributed by atoms with E-state index in [9.17, 15) is 9.90 Å². The number of hydrogen-bond acceptors (Lipinski definition) is 3. The van der Waals surface area contributed by atoms with Gasteiger partial charge in [-0.15, -0.1) is 0 Å². The maximum absolute atomic E-state index is 11.6. The highest BCUT2D eigenvalue weighted by Gasteiger charge is 2.26. The van der Waals surface area contributed by atoms with E-state index in [1.165, 1.54) is 19.3 Å². The first kappa shape index (κ1) is 14.1. The van der Waals surface area contributed by atoms with Gasteiger partial charge in [-0.1, -0.05) is 31.5 Å². The molecule has 0 spiro atoms. The minimum Gasteiger partial charge on any atom is -0.478 e. The van der Waals surface area contributed by atoms with Crippen LogP contribution < -0.4 is 0 Å². The van der Waals surface area contributed by atoms with Crippen molar-refractivity contribution in [3.05, 3.63) is 35.6 Å². The van der Waals surface area contributed by atoms with Crippen LogP contribution in [-0.4, -0.2) is 29.1 Å². The largest absolute Gasteiger partial charge is 0.478 e. The average molecular weight is 287 g/mol. The summed E-state index contributed by atoms with van der Waals surface area (Å²) in [6.07, 6.45) is 3.67. The molecule has 21 heavy (non-hydrogen) atoms. The third kappa shape index (κ3) is 2.81. The molecule has 1 aromatic heterocycles. The van der Waals surface area contributed by atoms with E-state index < -0.39 is 5.97 Å². The maximum Gasteiger partial charge on any atom is 0.339 e. The molecule has 0 aliphatic carbocycles. The van der Waals surface area contributed by atoms with Gasteiger partial charge in [0.2, 0.25) is 0 Å². The molecule has 1 atom stereocenters. The molecular weight excluding hydrogens is 266 g/mol. The number of rotatable bonds is 5. The van der Waals surface area contributed by atoms with Crippen molar-refractivity contribution >= 4 is 16.9 Å². The number of hydrogen-bond donors (Lipinski definition) is 1. The Kier molecular flexibility index (Phi) is 3.97. The van der Waals surface area contributed by atoms with Gasteiger partial charge in [0.05, 0.1) is 6.54 Å². The highest BCUT2D eigenvalue weighted by atomic mass is 16.4. The molecule has 3 rings (SSSR count). The van der Waals surface area contributed by atoms with Crippen molar-refractivity contribution in [1.82, 2.24) is 4.90 Å². The second-order valence-corrected chi connectivity index (χ2v) is 5.88. The van der Waals surface area contributed by atoms with Crippen molar-refractivity contribution in [1.29, 1.82) is 0 Å². The molecule has 4 heteroatoms. The van der Waals surface area contributed by atoms with Crippen LogP contribution in [0, 0.1) is 5.92 Å². The smallest absolute Gasteiger partial charge is 0.339 e. The minimum atomic E-state index is -0.903. The Bertz CT molecular complexity index is 647. The zero-order valence-corrected chi connectivity index (χ0v) is 12.3. The SMILES string of the molecule is CCCC1CCN(Cc2oc3ccccc3c2C(=O)O)C1. The number of fused-ring (bicyclic) bond motifs is 1. The maximum atomic E-state index is 11.6. The fourth-order valence-electron chi connectivity index (χ4n) is 3.35. The van der Waals surface area contributed by atoms with Crippen LogP contribution in [-0.2, 0) is 6.54 Å². The number of carboxylic acids is 1. The van der Waals surface area contributed by atoms with Crippen LogP contribution in [0.5, 0.6) is 0 Å². The monoisotopic (exact) mass is 287 g/mol. The number of nitrogens with zero attached hydrogens (tertiary/aromatic N) is 1. The van der Waals surface area contributed by atoms with Crippen molar-refractivity contribution in [3.8, 4) is 0 Å². The summed E-state index contributed by atoms with van der Waals surface area (Å²) in [5, 5.41) is 10.2. The number of benzene rings is 1. The van der Waals surface area contributed by atoms with Gasteiger partial charge < -0.3 is 9.52 Å². The number of likely N-dealkylation sites (tertiary alicyclic amines) is 1. The van der Waals surface area contributed by atoms with Crippen LogP contribution in [0.25, 0.3) is 11.0 Å². The zero-order chi connectivity index (χ0) is 14.8. The number of para-hydroxylation sites is 1. The Morgan fingerprint density at radius 3 is 3.00 bits per heavy atom. The van der Waals surface area contributed by atoms with Crippen molar-refractivity contribution in [2.75, 3.05) is 13.1 Å². The summed E-state index contributed by atoms with van der Waals surface area (Å²) < 4.78 is 5.80. The van der Waals surface area contributed by atoms with Gasteiger partial charge in [0.15, 0.2) is 0 Å². The second kappa shape index (κ2) is 5.90. The first-order chi connectivity index (χ1) is 10.2. The Morgan fingerprint density at radius 2 is 2.24 bits per heavy atom. The lowest BCUT2D eigenvalue weighted by atomic mass is 10.0. The van der Waals surface area contributed by atoms with Crippen molar-refractivity contribution < 1.29 is 14.3 Å². The third-order valence-electron chi connectivity index (χ3n) is 4.32. The standard InChI is InChI=1S/C17H21NO3/c1-2-5-12-8-9-18(10-12)11-15-16(17(19)20)13-6-3-4-7-14(13)21-15/h3-4,6-7,12H,2,5,8-11H2,1H3,(H,19,20). The van der Waals surface area contributed by atoms with Crippen LogP contribution in [0.2, 0.25) is 0 Å². The number of aromatic carboxylic acids is 1. The third-order valence-corrected chi connectivity index (χ3v) is 4.32. The predicted molar refractivity (Wildman–Crippen MR) is 81.5 cm³/mol. The number of carboxylic acid groups (broad SMARTS) is 1. The molecular formula is C17H21NO3. The Labute approximate surface area is 124 Å². The molecule has 2 heterocycles. The molecule has 0 radical (unpaired) electrons. The first-order valence-corrected chi connectivity index (χ1v) is 7.65. The molecule has 0 bridgehead atoms. The van der Waals surface area contributed by atoms with E-state index in [2.05, 4.69) is 11.8 Å². The lowest BCUT2D eigenvalue weighted by Crippen LogP contribution is -2.21. The molecule has 4 nitrogen and oxygen atoms in total. The molecule has 1 aromatic carbocycles. The van der Waals surface area contributed by atoms with Gasteiger partial charge in [-0.05, 0) is 31.4 Å². The molecule has 1 fully saturated rings. The molecule has 0 amide bonds. The molecule has 2 aromatic rings. The summed E-state index contributed by atoms with van der Waals surface area (Å²) in [4.78, 5) is 13.9. The van der Waals surface area contributed by atoms with Gasteiger partial charge in [-0.25, -0.2) is 4.79 Å². The van der Waals surface area contributed by atoms with Gasteiger partial charge in [0.25, 0.3) is 0 Å². The van der Waals surface area contributed by atoms with Crippen molar-refractivity contribution in [3.63, 3.8) is 0 Å². The summed E-state index contributed by atoms with van der Waals surface area (Å²) >= 11 is 0. The molecule has 1 N–H and O–H groups in total. The molecule has 1 unspecified atom stereocenters. The van der Waals surface area contributed by atoms with Gasteiger partial charge in [0, 0.05) is 11.9 Å². The Hall–Kier alpha value is -1.81. The van der Waals surface area contributed by atoms with Gasteiger partial charge in [-0.3, -0.25) is 4.90 Å². The van der Waals surface area contributed by atoms with Crippen molar-refractivity contribution in [2.24, 2.45) is 5.92 Å². The van der Waals surface area contributed by atoms with E-state index >= 15 is 0 Å². The molecule has 1 saturated heterocycles. The first-order valence-electron chi connectivity index (χ1n) is 7.65. The molecule has 1 aliphatic heterocycles. The van der Waals surface area contributed by atoms with Gasteiger partial charge in [0.1, 0.15) is 16.9 Å². The average Bonchev–Trinajstić information content (AvgIpc) is 3.03. The minimum absolute atomic E-state index is 0.324. The summed E-state index contributed by atoms with van der Waals surface area (Å²) in [5.41, 5.74) is 0.985. The predicted octanol–water partition coefficient (Wildman–Crippen LogP) is 3.75. The Balaban J connectivity index is 1.84. The van der Waals surface area contributed by atoms with E-state index in [0.29, 0.717) is 28.8 Å². The van der Waals surface area contributed by atoms with Gasteiger partial charge in [-0.2, -0.15) is 0 Å². The van der Waals surface area contributed by atoms with Crippen molar-refractivity contribution in [2.45, 2.75) is 32.7 Å². The van der Waals surface area contributed by atoms with E-state index in [-0.39, 0.29) is 0 Å². The zero-order valence-electron chi connectivity index (χ0n) is 12.3. The van der Waals surface area contributed by atoms with Crippen LogP contribution in [0.1, 0.15) is 42.3 Å². The normalized spacial score (nSPS) is 19.4. The van der Waals surface area contributed by atoms with Crippen LogP contribution >= 0.6 is 0 Å². The fraction of sp³-hybridized carbons (Fsp3) is 0.471.